The van der Waals surface area contributed by atoms with Crippen molar-refractivity contribution >= 4 is 116 Å². The minimum absolute atomic E-state index is 0.437. The predicted molar refractivity (Wildman–Crippen MR) is 426 cm³/mol. The molecule has 0 amide bonds. The third kappa shape index (κ3) is 11.0. The van der Waals surface area contributed by atoms with Crippen molar-refractivity contribution in [1.82, 2.24) is 18.3 Å². The van der Waals surface area contributed by atoms with Crippen LogP contribution in [0, 0.1) is 22.7 Å². The van der Waals surface area contributed by atoms with Crippen LogP contribution >= 0.6 is 15.9 Å². The topological polar surface area (TPSA) is 85.8 Å². The van der Waals surface area contributed by atoms with Crippen LogP contribution in [0.5, 0.6) is 0 Å². The monoisotopic (exact) mass is 1380 g/mol. The maximum atomic E-state index is 9.42. The highest BCUT2D eigenvalue weighted by Crippen LogP contribution is 2.43. The molecular weight excluding hydrogens is 1310 g/mol. The minimum Gasteiger partial charge on any atom is -0.399 e. The van der Waals surface area contributed by atoms with Gasteiger partial charge in [-0.2, -0.15) is 10.5 Å². The molecule has 10 heteroatoms. The van der Waals surface area contributed by atoms with Crippen LogP contribution in [0.25, 0.3) is 143 Å². The second kappa shape index (κ2) is 25.8. The maximum Gasteiger partial charge on any atom is 0.494 e. The Hall–Kier alpha value is -12.3. The molecule has 0 N–H and O–H groups in total. The highest BCUT2D eigenvalue weighted by atomic mass is 79.9. The molecule has 0 spiro atoms. The Balaban J connectivity index is 0.000000127. The van der Waals surface area contributed by atoms with Crippen LogP contribution in [0.3, 0.4) is 0 Å². The summed E-state index contributed by atoms with van der Waals surface area (Å²) in [7, 11) is -0.486. The predicted octanol–water partition coefficient (Wildman–Crippen LogP) is 23.3. The highest BCUT2D eigenvalue weighted by molar-refractivity contribution is 9.10. The fourth-order valence-electron chi connectivity index (χ4n) is 14.9. The van der Waals surface area contributed by atoms with Gasteiger partial charge in [-0.3, -0.25) is 0 Å². The number of fused-ring (bicyclic) bond motifs is 12. The lowest BCUT2D eigenvalue weighted by Crippen LogP contribution is -2.41. The summed E-state index contributed by atoms with van der Waals surface area (Å²) in [6.45, 7) is 8.44. The highest BCUT2D eigenvalue weighted by Gasteiger charge is 2.52. The van der Waals surface area contributed by atoms with Crippen LogP contribution in [0.2, 0.25) is 0 Å². The zero-order valence-electron chi connectivity index (χ0n) is 56.6. The van der Waals surface area contributed by atoms with Crippen LogP contribution in [0.1, 0.15) is 38.8 Å². The Morgan fingerprint density at radius 2 is 0.529 bits per heavy atom. The number of aromatic nitrogens is 4. The minimum atomic E-state index is -0.486. The van der Waals surface area contributed by atoms with Gasteiger partial charge in [-0.1, -0.05) is 228 Å². The zero-order chi connectivity index (χ0) is 69.2. The number of benzene rings is 14. The summed E-state index contributed by atoms with van der Waals surface area (Å²) >= 11 is 3.50. The molecule has 5 heterocycles. The third-order valence-electron chi connectivity index (χ3n) is 20.5. The number of para-hydroxylation sites is 8. The molecular formula is C92H66BBrN6O2. The molecule has 486 valence electrons. The SMILES string of the molecule is CC1(C)OB(c2cc(-n3c4ccccc4c4ccccc43)cc(-n3c4ccccc4c4ccccc43)c2)OC1(C)C.N#Cc1ccc(-c2ccccc2-c2cc(-n3c4ccccc4c4ccccc43)cc(-n3c4ccccc4c4ccccc43)c2)cc1.N#Cc1ccc(-c2ccccc2Br)cc1. The molecule has 0 bridgehead atoms. The van der Waals surface area contributed by atoms with Crippen LogP contribution in [-0.4, -0.2) is 36.6 Å². The second-order valence-corrected chi connectivity index (χ2v) is 27.8. The molecule has 0 saturated carbocycles. The summed E-state index contributed by atoms with van der Waals surface area (Å²) in [4.78, 5) is 0. The van der Waals surface area contributed by atoms with Crippen molar-refractivity contribution in [3.05, 3.63) is 343 Å². The Morgan fingerprint density at radius 3 is 0.824 bits per heavy atom. The van der Waals surface area contributed by atoms with Crippen molar-refractivity contribution in [2.75, 3.05) is 0 Å². The number of halogens is 1. The average Bonchev–Trinajstić information content (AvgIpc) is 1.57. The summed E-state index contributed by atoms with van der Waals surface area (Å²) in [5, 5.41) is 28.0. The van der Waals surface area contributed by atoms with Gasteiger partial charge in [0, 0.05) is 70.3 Å². The molecule has 0 unspecified atom stereocenters. The number of rotatable bonds is 8. The van der Waals surface area contributed by atoms with E-state index in [2.05, 4.69) is 329 Å². The first kappa shape index (κ1) is 63.2. The van der Waals surface area contributed by atoms with Crippen LogP contribution in [0.4, 0.5) is 0 Å². The average molecular weight is 1380 g/mol. The molecule has 8 nitrogen and oxygen atoms in total. The normalized spacial score (nSPS) is 13.2. The Morgan fingerprint density at radius 1 is 0.284 bits per heavy atom. The van der Waals surface area contributed by atoms with E-state index in [-0.39, 0.29) is 0 Å². The molecule has 4 aromatic heterocycles. The van der Waals surface area contributed by atoms with E-state index in [4.69, 9.17) is 14.6 Å². The van der Waals surface area contributed by atoms with Crippen molar-refractivity contribution in [3.8, 4) is 68.3 Å². The van der Waals surface area contributed by atoms with Crippen LogP contribution < -0.4 is 5.46 Å². The van der Waals surface area contributed by atoms with Gasteiger partial charge in [0.2, 0.25) is 0 Å². The lowest BCUT2D eigenvalue weighted by atomic mass is 9.78. The first-order chi connectivity index (χ1) is 49.9. The van der Waals surface area contributed by atoms with Gasteiger partial charge in [-0.15, -0.1) is 0 Å². The van der Waals surface area contributed by atoms with E-state index in [1.54, 1.807) is 0 Å². The third-order valence-corrected chi connectivity index (χ3v) is 21.2. The molecule has 14 aromatic carbocycles. The van der Waals surface area contributed by atoms with Gasteiger partial charge >= 0.3 is 7.12 Å². The van der Waals surface area contributed by atoms with Crippen LogP contribution in [0.15, 0.2) is 332 Å². The van der Waals surface area contributed by atoms with E-state index in [1.165, 1.54) is 87.2 Å². The summed E-state index contributed by atoms with van der Waals surface area (Å²) in [5.74, 6) is 0. The van der Waals surface area contributed by atoms with E-state index in [0.29, 0.717) is 11.1 Å². The Kier molecular flexibility index (Phi) is 16.0. The number of nitriles is 2. The van der Waals surface area contributed by atoms with E-state index in [9.17, 15) is 5.26 Å². The van der Waals surface area contributed by atoms with E-state index in [1.807, 2.05) is 72.8 Å². The summed E-state index contributed by atoms with van der Waals surface area (Å²) in [5.41, 5.74) is 21.9. The fraction of sp³-hybridized carbons (Fsp3) is 0.0652. The van der Waals surface area contributed by atoms with Gasteiger partial charge in [0.15, 0.2) is 0 Å². The number of nitrogens with zero attached hydrogens (tertiary/aromatic N) is 6. The maximum absolute atomic E-state index is 9.42. The fourth-order valence-corrected chi connectivity index (χ4v) is 15.4. The lowest BCUT2D eigenvalue weighted by Gasteiger charge is -2.32. The molecule has 1 fully saturated rings. The molecule has 1 aliphatic heterocycles. The zero-order valence-corrected chi connectivity index (χ0v) is 58.2. The summed E-state index contributed by atoms with van der Waals surface area (Å²) < 4.78 is 23.8. The number of hydrogen-bond acceptors (Lipinski definition) is 4. The molecule has 0 atom stereocenters. The van der Waals surface area contributed by atoms with E-state index < -0.39 is 18.3 Å². The van der Waals surface area contributed by atoms with Gasteiger partial charge in [-0.05, 0) is 182 Å². The molecule has 102 heavy (non-hydrogen) atoms. The van der Waals surface area contributed by atoms with Crippen molar-refractivity contribution < 1.29 is 9.31 Å². The smallest absolute Gasteiger partial charge is 0.399 e. The number of hydrogen-bond donors (Lipinski definition) is 0. The van der Waals surface area contributed by atoms with Crippen molar-refractivity contribution in [1.29, 1.82) is 10.5 Å². The molecule has 18 aromatic rings. The van der Waals surface area contributed by atoms with Gasteiger partial charge in [0.05, 0.1) is 78.6 Å². The largest absolute Gasteiger partial charge is 0.494 e. The van der Waals surface area contributed by atoms with Gasteiger partial charge in [0.1, 0.15) is 0 Å². The second-order valence-electron chi connectivity index (χ2n) is 27.0. The van der Waals surface area contributed by atoms with E-state index in [0.717, 1.165) is 66.1 Å². The van der Waals surface area contributed by atoms with Gasteiger partial charge in [-0.25, -0.2) is 0 Å². The lowest BCUT2D eigenvalue weighted by molar-refractivity contribution is 0.00578. The molecule has 1 saturated heterocycles. The first-order valence-electron chi connectivity index (χ1n) is 34.4. The van der Waals surface area contributed by atoms with Crippen molar-refractivity contribution in [3.63, 3.8) is 0 Å². The summed E-state index contributed by atoms with van der Waals surface area (Å²) in [6.07, 6.45) is 0. The van der Waals surface area contributed by atoms with Crippen LogP contribution in [-0.2, 0) is 9.31 Å². The van der Waals surface area contributed by atoms with Gasteiger partial charge < -0.3 is 27.6 Å². The standard InChI is InChI=1S/C43H27N3.C36H31BN2O2.C13H8BrN/c44-28-29-21-23-30(24-22-29)34-11-1-2-12-35(34)31-25-32(45-40-17-7-3-13-36(40)37-14-4-8-18-41(37)45)27-33(26-31)46-42-19-9-5-15-38(42)39-16-6-10-20-43(39)46;1-35(2)36(3,4)41-37(40-35)24-21-25(38-31-17-9-5-13-27(31)28-14-6-10-18-32(28)38)23-26(22-24)39-33-19-11-7-15-29(33)30-16-8-12-20-34(30)39;14-13-4-2-1-3-12(13)11-7-5-10(9-15)6-8-11/h1-27H;5-23H,1-4H3;1-8H. The van der Waals surface area contributed by atoms with Crippen molar-refractivity contribution in [2.45, 2.75) is 38.9 Å². The quantitative estimate of drug-likeness (QED) is 0.142. The summed E-state index contributed by atoms with van der Waals surface area (Å²) in [6, 6.07) is 119. The first-order valence-corrected chi connectivity index (χ1v) is 35.2. The van der Waals surface area contributed by atoms with Crippen molar-refractivity contribution in [2.24, 2.45) is 0 Å². The Bertz CT molecular complexity index is 5910. The molecule has 0 radical (unpaired) electrons. The van der Waals surface area contributed by atoms with Gasteiger partial charge in [0.25, 0.3) is 0 Å². The Labute approximate surface area is 600 Å². The molecule has 0 aliphatic carbocycles. The van der Waals surface area contributed by atoms with E-state index >= 15 is 0 Å². The molecule has 1 aliphatic rings. The molecule has 19 rings (SSSR count).